The average Bonchev–Trinajstić information content (AvgIpc) is 3.08. The van der Waals surface area contributed by atoms with E-state index in [1.165, 1.54) is 23.6 Å². The lowest BCUT2D eigenvalue weighted by molar-refractivity contribution is 0.0863. The highest BCUT2D eigenvalue weighted by atomic mass is 32.1. The molecule has 2 heterocycles. The van der Waals surface area contributed by atoms with Gasteiger partial charge in [-0.1, -0.05) is 29.8 Å². The molecule has 1 aromatic carbocycles. The summed E-state index contributed by atoms with van der Waals surface area (Å²) in [5.41, 5.74) is 1.57. The predicted octanol–water partition coefficient (Wildman–Crippen LogP) is 2.49. The highest BCUT2D eigenvalue weighted by Gasteiger charge is 2.14. The molecule has 2 aromatic heterocycles. The Balaban J connectivity index is 1.74. The van der Waals surface area contributed by atoms with Crippen molar-refractivity contribution >= 4 is 22.4 Å². The summed E-state index contributed by atoms with van der Waals surface area (Å²) in [5, 5.41) is 4.77. The molecule has 3 rings (SSSR count). The van der Waals surface area contributed by atoms with E-state index < -0.39 is 11.5 Å². The highest BCUT2D eigenvalue weighted by molar-refractivity contribution is 7.13. The number of hydrogen-bond acceptors (Lipinski definition) is 5. The van der Waals surface area contributed by atoms with E-state index in [4.69, 9.17) is 4.84 Å². The number of aryl methyl sites for hydroxylation is 1. The summed E-state index contributed by atoms with van der Waals surface area (Å²) in [4.78, 5) is 34.0. The van der Waals surface area contributed by atoms with Gasteiger partial charge in [0.15, 0.2) is 5.13 Å². The zero-order chi connectivity index (χ0) is 16.9. The number of anilines is 1. The molecule has 0 bridgehead atoms. The van der Waals surface area contributed by atoms with Gasteiger partial charge in [-0.3, -0.25) is 14.9 Å². The number of aromatic nitrogens is 2. The van der Waals surface area contributed by atoms with E-state index in [1.807, 2.05) is 31.2 Å². The van der Waals surface area contributed by atoms with Crippen LogP contribution in [0.25, 0.3) is 0 Å². The molecular weight excluding hydrogens is 326 g/mol. The fraction of sp³-hybridized carbons (Fsp3) is 0.118. The van der Waals surface area contributed by atoms with Gasteiger partial charge in [0.2, 0.25) is 0 Å². The maximum Gasteiger partial charge on any atom is 0.295 e. The number of carbonyl (C=O) groups is 1. The van der Waals surface area contributed by atoms with E-state index >= 15 is 0 Å². The Morgan fingerprint density at radius 3 is 2.79 bits per heavy atom. The molecule has 0 saturated carbocycles. The van der Waals surface area contributed by atoms with Crippen molar-refractivity contribution in [2.75, 3.05) is 5.32 Å². The molecule has 122 valence electrons. The number of thiazole rings is 1. The van der Waals surface area contributed by atoms with Gasteiger partial charge in [-0.25, -0.2) is 4.98 Å². The van der Waals surface area contributed by atoms with Crippen molar-refractivity contribution in [1.29, 1.82) is 0 Å². The number of amides is 1. The van der Waals surface area contributed by atoms with Crippen LogP contribution in [0.3, 0.4) is 0 Å². The Labute approximate surface area is 142 Å². The summed E-state index contributed by atoms with van der Waals surface area (Å²) in [6.45, 7) is 2.23. The average molecular weight is 341 g/mol. The van der Waals surface area contributed by atoms with Crippen molar-refractivity contribution in [2.24, 2.45) is 0 Å². The smallest absolute Gasteiger partial charge is 0.295 e. The van der Waals surface area contributed by atoms with Crippen LogP contribution >= 0.6 is 11.3 Å². The molecule has 1 N–H and O–H groups in total. The van der Waals surface area contributed by atoms with Crippen molar-refractivity contribution < 1.29 is 9.63 Å². The van der Waals surface area contributed by atoms with Crippen LogP contribution in [0.15, 0.2) is 59.0 Å². The zero-order valence-corrected chi connectivity index (χ0v) is 13.7. The lowest BCUT2D eigenvalue weighted by Crippen LogP contribution is -2.32. The number of nitrogens with one attached hydrogen (secondary N) is 1. The van der Waals surface area contributed by atoms with E-state index in [2.05, 4.69) is 10.3 Å². The number of hydrogen-bond donors (Lipinski definition) is 1. The van der Waals surface area contributed by atoms with E-state index in [1.54, 1.807) is 17.6 Å². The number of carbonyl (C=O) groups excluding carboxylic acids is 1. The van der Waals surface area contributed by atoms with Gasteiger partial charge in [0.1, 0.15) is 12.2 Å². The second-order valence-corrected chi connectivity index (χ2v) is 6.00. The Morgan fingerprint density at radius 2 is 2.08 bits per heavy atom. The third-order valence-corrected chi connectivity index (χ3v) is 3.99. The first-order chi connectivity index (χ1) is 11.6. The molecule has 0 fully saturated rings. The molecule has 0 unspecified atom stereocenters. The van der Waals surface area contributed by atoms with Crippen molar-refractivity contribution in [3.8, 4) is 0 Å². The van der Waals surface area contributed by atoms with Gasteiger partial charge in [-0.2, -0.15) is 4.73 Å². The topological polar surface area (TPSA) is 73.2 Å². The minimum absolute atomic E-state index is 0.00314. The number of benzene rings is 1. The van der Waals surface area contributed by atoms with Crippen molar-refractivity contribution in [1.82, 2.24) is 9.71 Å². The van der Waals surface area contributed by atoms with E-state index in [-0.39, 0.29) is 12.2 Å². The summed E-state index contributed by atoms with van der Waals surface area (Å²) >= 11 is 1.28. The molecule has 1 amide bonds. The highest BCUT2D eigenvalue weighted by Crippen LogP contribution is 2.11. The van der Waals surface area contributed by atoms with E-state index in [9.17, 15) is 9.59 Å². The van der Waals surface area contributed by atoms with Crippen LogP contribution in [0, 0.1) is 6.92 Å². The molecule has 3 aromatic rings. The van der Waals surface area contributed by atoms with Gasteiger partial charge in [-0.15, -0.1) is 11.3 Å². The Bertz CT molecular complexity index is 886. The maximum absolute atomic E-state index is 12.4. The number of pyridine rings is 1. The van der Waals surface area contributed by atoms with Crippen LogP contribution in [0.4, 0.5) is 5.13 Å². The minimum atomic E-state index is -0.515. The summed E-state index contributed by atoms with van der Waals surface area (Å²) < 4.78 is 1.07. The molecule has 0 aliphatic rings. The zero-order valence-electron chi connectivity index (χ0n) is 12.9. The lowest BCUT2D eigenvalue weighted by Gasteiger charge is -2.10. The third-order valence-electron chi connectivity index (χ3n) is 3.30. The van der Waals surface area contributed by atoms with Gasteiger partial charge in [-0.05, 0) is 24.6 Å². The largest absolute Gasteiger partial charge is 0.406 e. The Kier molecular flexibility index (Phi) is 4.72. The number of nitrogens with zero attached hydrogens (tertiary/aromatic N) is 2. The van der Waals surface area contributed by atoms with E-state index in [0.717, 1.165) is 15.9 Å². The molecule has 6 nitrogen and oxygen atoms in total. The van der Waals surface area contributed by atoms with Crippen molar-refractivity contribution in [3.05, 3.63) is 81.2 Å². The Morgan fingerprint density at radius 1 is 1.29 bits per heavy atom. The monoisotopic (exact) mass is 341 g/mol. The molecule has 0 aliphatic carbocycles. The fourth-order valence-corrected chi connectivity index (χ4v) is 2.55. The first kappa shape index (κ1) is 15.9. The maximum atomic E-state index is 12.4. The molecule has 0 saturated heterocycles. The van der Waals surface area contributed by atoms with E-state index in [0.29, 0.717) is 5.13 Å². The van der Waals surface area contributed by atoms with Crippen molar-refractivity contribution in [2.45, 2.75) is 13.5 Å². The minimum Gasteiger partial charge on any atom is -0.406 e. The standard InChI is InChI=1S/C17H15N3O3S/c1-12-4-6-13(7-5-12)11-23-20-9-2-3-14(16(20)22)15(21)19-17-18-8-10-24-17/h2-10H,11H2,1H3,(H,18,19,21). The first-order valence-corrected chi connectivity index (χ1v) is 8.13. The predicted molar refractivity (Wildman–Crippen MR) is 92.2 cm³/mol. The molecule has 0 radical (unpaired) electrons. The van der Waals surface area contributed by atoms with Crippen LogP contribution in [0.2, 0.25) is 0 Å². The van der Waals surface area contributed by atoms with Crippen LogP contribution in [0.1, 0.15) is 21.5 Å². The van der Waals surface area contributed by atoms with Crippen LogP contribution in [-0.2, 0) is 6.61 Å². The molecule has 7 heteroatoms. The second kappa shape index (κ2) is 7.10. The number of rotatable bonds is 5. The van der Waals surface area contributed by atoms with Crippen LogP contribution in [-0.4, -0.2) is 15.6 Å². The van der Waals surface area contributed by atoms with Gasteiger partial charge >= 0.3 is 0 Å². The Hall–Kier alpha value is -2.93. The fourth-order valence-electron chi connectivity index (χ4n) is 2.03. The summed E-state index contributed by atoms with van der Waals surface area (Å²) in [6.07, 6.45) is 3.06. The van der Waals surface area contributed by atoms with Gasteiger partial charge in [0, 0.05) is 17.8 Å². The van der Waals surface area contributed by atoms with Gasteiger partial charge < -0.3 is 4.84 Å². The molecular formula is C17H15N3O3S. The summed E-state index contributed by atoms with van der Waals surface area (Å²) in [6, 6.07) is 10.8. The SMILES string of the molecule is Cc1ccc(COn2cccc(C(=O)Nc3nccs3)c2=O)cc1. The molecule has 24 heavy (non-hydrogen) atoms. The third kappa shape index (κ3) is 3.69. The van der Waals surface area contributed by atoms with Crippen LogP contribution < -0.4 is 15.7 Å². The molecule has 0 atom stereocenters. The van der Waals surface area contributed by atoms with Crippen LogP contribution in [0.5, 0.6) is 0 Å². The quantitative estimate of drug-likeness (QED) is 0.774. The molecule has 0 aliphatic heterocycles. The second-order valence-electron chi connectivity index (χ2n) is 5.10. The normalized spacial score (nSPS) is 10.4. The van der Waals surface area contributed by atoms with Gasteiger partial charge in [0.25, 0.3) is 11.5 Å². The lowest BCUT2D eigenvalue weighted by atomic mass is 10.2. The first-order valence-electron chi connectivity index (χ1n) is 7.25. The van der Waals surface area contributed by atoms with Crippen molar-refractivity contribution in [3.63, 3.8) is 0 Å². The van der Waals surface area contributed by atoms with Gasteiger partial charge in [0.05, 0.1) is 0 Å². The molecule has 0 spiro atoms. The summed E-state index contributed by atoms with van der Waals surface area (Å²) in [7, 11) is 0. The summed E-state index contributed by atoms with van der Waals surface area (Å²) in [5.74, 6) is -0.511.